The summed E-state index contributed by atoms with van der Waals surface area (Å²) in [5.41, 5.74) is 0. The number of hydrogen-bond acceptors (Lipinski definition) is 2. The number of rotatable bonds is 3. The van der Waals surface area contributed by atoms with E-state index in [4.69, 9.17) is 10.00 Å². The molecule has 1 saturated carbocycles. The number of ether oxygens (including phenoxy) is 1. The van der Waals surface area contributed by atoms with Crippen LogP contribution in [0.3, 0.4) is 0 Å². The normalized spacial score (nSPS) is 19.9. The molecule has 0 atom stereocenters. The minimum absolute atomic E-state index is 0.445. The van der Waals surface area contributed by atoms with Crippen molar-refractivity contribution in [1.82, 2.24) is 0 Å². The molecule has 68 valence electrons. The van der Waals surface area contributed by atoms with E-state index in [0.717, 1.165) is 0 Å². The summed E-state index contributed by atoms with van der Waals surface area (Å²) < 4.78 is 5.58. The van der Waals surface area contributed by atoms with Crippen molar-refractivity contribution in [3.8, 4) is 6.07 Å². The third-order valence-electron chi connectivity index (χ3n) is 2.37. The van der Waals surface area contributed by atoms with E-state index in [-0.39, 0.29) is 0 Å². The van der Waals surface area contributed by atoms with Crippen molar-refractivity contribution < 1.29 is 4.74 Å². The largest absolute Gasteiger partial charge is 0.377 e. The zero-order valence-corrected chi connectivity index (χ0v) is 7.59. The van der Waals surface area contributed by atoms with Crippen molar-refractivity contribution >= 4 is 0 Å². The molecule has 0 amide bonds. The monoisotopic (exact) mass is 167 g/mol. The molecule has 1 aliphatic rings. The van der Waals surface area contributed by atoms with Crippen LogP contribution < -0.4 is 0 Å². The molecule has 0 radical (unpaired) electrons. The average Bonchev–Trinajstić information content (AvgIpc) is 2.33. The second-order valence-electron chi connectivity index (χ2n) is 3.39. The molecular formula is C10H17NO. The van der Waals surface area contributed by atoms with Gasteiger partial charge in [0.25, 0.3) is 0 Å². The molecule has 1 rings (SSSR count). The Morgan fingerprint density at radius 1 is 1.17 bits per heavy atom. The highest BCUT2D eigenvalue weighted by Crippen LogP contribution is 2.19. The summed E-state index contributed by atoms with van der Waals surface area (Å²) in [5, 5.41) is 8.32. The fourth-order valence-electron chi connectivity index (χ4n) is 1.68. The van der Waals surface area contributed by atoms with Gasteiger partial charge in [-0.25, -0.2) is 0 Å². The van der Waals surface area contributed by atoms with Crippen molar-refractivity contribution in [1.29, 1.82) is 5.26 Å². The first-order valence-corrected chi connectivity index (χ1v) is 4.92. The Labute approximate surface area is 74.5 Å². The lowest BCUT2D eigenvalue weighted by molar-refractivity contribution is 0.0470. The minimum Gasteiger partial charge on any atom is -0.377 e. The molecule has 2 nitrogen and oxygen atoms in total. The van der Waals surface area contributed by atoms with E-state index in [1.807, 2.05) is 0 Å². The number of nitrogens with zero attached hydrogens (tertiary/aromatic N) is 1. The van der Waals surface area contributed by atoms with Gasteiger partial charge in [-0.1, -0.05) is 25.7 Å². The molecular weight excluding hydrogens is 150 g/mol. The van der Waals surface area contributed by atoms with E-state index >= 15 is 0 Å². The highest BCUT2D eigenvalue weighted by molar-refractivity contribution is 4.69. The second-order valence-corrected chi connectivity index (χ2v) is 3.39. The van der Waals surface area contributed by atoms with Crippen LogP contribution in [-0.2, 0) is 4.74 Å². The van der Waals surface area contributed by atoms with Crippen LogP contribution in [0, 0.1) is 11.3 Å². The zero-order valence-electron chi connectivity index (χ0n) is 7.59. The summed E-state index contributed by atoms with van der Waals surface area (Å²) in [6.07, 6.45) is 8.71. The van der Waals surface area contributed by atoms with Crippen LogP contribution in [0.1, 0.15) is 44.9 Å². The van der Waals surface area contributed by atoms with E-state index in [1.165, 1.54) is 38.5 Å². The van der Waals surface area contributed by atoms with Gasteiger partial charge >= 0.3 is 0 Å². The lowest BCUT2D eigenvalue weighted by Gasteiger charge is -2.13. The molecule has 0 heterocycles. The van der Waals surface area contributed by atoms with Crippen molar-refractivity contribution in [3.63, 3.8) is 0 Å². The van der Waals surface area contributed by atoms with Gasteiger partial charge in [0.2, 0.25) is 0 Å². The summed E-state index contributed by atoms with van der Waals surface area (Å²) in [7, 11) is 0. The molecule has 0 saturated heterocycles. The van der Waals surface area contributed by atoms with Gasteiger partial charge in [0.05, 0.1) is 25.2 Å². The smallest absolute Gasteiger partial charge is 0.0645 e. The number of hydrogen-bond donors (Lipinski definition) is 0. The number of nitriles is 1. The molecule has 0 aliphatic heterocycles. The van der Waals surface area contributed by atoms with Crippen molar-refractivity contribution in [2.75, 3.05) is 6.61 Å². The first kappa shape index (κ1) is 9.54. The summed E-state index contributed by atoms with van der Waals surface area (Å²) in [6, 6.07) is 2.10. The molecule has 0 bridgehead atoms. The maximum Gasteiger partial charge on any atom is 0.0645 e. The fraction of sp³-hybridized carbons (Fsp3) is 0.900. The van der Waals surface area contributed by atoms with E-state index < -0.39 is 0 Å². The van der Waals surface area contributed by atoms with Crippen LogP contribution in [0.25, 0.3) is 0 Å². The lowest BCUT2D eigenvalue weighted by Crippen LogP contribution is -2.12. The molecule has 0 aromatic carbocycles. The second kappa shape index (κ2) is 6.02. The minimum atomic E-state index is 0.445. The standard InChI is InChI=1S/C10H17NO/c11-8-5-9-12-10-6-3-1-2-4-7-10/h10H,1-7,9H2. The third-order valence-corrected chi connectivity index (χ3v) is 2.37. The molecule has 1 aliphatic carbocycles. The van der Waals surface area contributed by atoms with Gasteiger partial charge in [-0.3, -0.25) is 0 Å². The lowest BCUT2D eigenvalue weighted by atomic mass is 10.1. The van der Waals surface area contributed by atoms with E-state index in [1.54, 1.807) is 0 Å². The van der Waals surface area contributed by atoms with Crippen LogP contribution in [0.5, 0.6) is 0 Å². The predicted molar refractivity (Wildman–Crippen MR) is 47.7 cm³/mol. The van der Waals surface area contributed by atoms with Gasteiger partial charge in [-0.2, -0.15) is 5.26 Å². The highest BCUT2D eigenvalue weighted by Gasteiger charge is 2.11. The van der Waals surface area contributed by atoms with Crippen LogP contribution in [0.4, 0.5) is 0 Å². The Kier molecular flexibility index (Phi) is 4.79. The summed E-state index contributed by atoms with van der Waals surface area (Å²) in [4.78, 5) is 0. The quantitative estimate of drug-likeness (QED) is 0.478. The van der Waals surface area contributed by atoms with E-state index in [0.29, 0.717) is 19.1 Å². The molecule has 0 spiro atoms. The van der Waals surface area contributed by atoms with E-state index in [2.05, 4.69) is 6.07 Å². The summed E-state index contributed by atoms with van der Waals surface area (Å²) in [5.74, 6) is 0. The van der Waals surface area contributed by atoms with Gasteiger partial charge < -0.3 is 4.74 Å². The fourth-order valence-corrected chi connectivity index (χ4v) is 1.68. The molecule has 0 aromatic heterocycles. The summed E-state index contributed by atoms with van der Waals surface area (Å²) >= 11 is 0. The Bertz CT molecular complexity index is 142. The Morgan fingerprint density at radius 3 is 2.42 bits per heavy atom. The Morgan fingerprint density at radius 2 is 1.83 bits per heavy atom. The Balaban J connectivity index is 2.08. The maximum atomic E-state index is 8.32. The van der Waals surface area contributed by atoms with Gasteiger partial charge in [-0.15, -0.1) is 0 Å². The van der Waals surface area contributed by atoms with Crippen LogP contribution in [0.2, 0.25) is 0 Å². The molecule has 12 heavy (non-hydrogen) atoms. The van der Waals surface area contributed by atoms with Gasteiger partial charge in [0.1, 0.15) is 0 Å². The van der Waals surface area contributed by atoms with Crippen LogP contribution in [-0.4, -0.2) is 12.7 Å². The average molecular weight is 167 g/mol. The highest BCUT2D eigenvalue weighted by atomic mass is 16.5. The Hall–Kier alpha value is -0.550. The maximum absolute atomic E-state index is 8.32. The SMILES string of the molecule is N#CCCOC1CCCCCC1. The van der Waals surface area contributed by atoms with Gasteiger partial charge in [0.15, 0.2) is 0 Å². The van der Waals surface area contributed by atoms with Crippen molar-refractivity contribution in [3.05, 3.63) is 0 Å². The first-order valence-electron chi connectivity index (χ1n) is 4.92. The topological polar surface area (TPSA) is 33.0 Å². The first-order chi connectivity index (χ1) is 5.93. The zero-order chi connectivity index (χ0) is 8.65. The molecule has 2 heteroatoms. The third kappa shape index (κ3) is 3.73. The predicted octanol–water partition coefficient (Wildman–Crippen LogP) is 2.64. The van der Waals surface area contributed by atoms with E-state index in [9.17, 15) is 0 Å². The van der Waals surface area contributed by atoms with Gasteiger partial charge in [-0.05, 0) is 12.8 Å². The van der Waals surface area contributed by atoms with Crippen molar-refractivity contribution in [2.24, 2.45) is 0 Å². The van der Waals surface area contributed by atoms with Gasteiger partial charge in [0, 0.05) is 0 Å². The van der Waals surface area contributed by atoms with Crippen LogP contribution >= 0.6 is 0 Å². The van der Waals surface area contributed by atoms with Crippen LogP contribution in [0.15, 0.2) is 0 Å². The summed E-state index contributed by atoms with van der Waals surface area (Å²) in [6.45, 7) is 0.626. The van der Waals surface area contributed by atoms with Crippen molar-refractivity contribution in [2.45, 2.75) is 51.0 Å². The molecule has 0 N–H and O–H groups in total. The molecule has 0 unspecified atom stereocenters. The molecule has 0 aromatic rings. The molecule has 1 fully saturated rings.